The highest BCUT2D eigenvalue weighted by molar-refractivity contribution is 7.22. The molecule has 2 heterocycles. The highest BCUT2D eigenvalue weighted by Gasteiger charge is 2.45. The van der Waals surface area contributed by atoms with E-state index < -0.39 is 11.2 Å². The van der Waals surface area contributed by atoms with Crippen LogP contribution < -0.4 is 0 Å². The summed E-state index contributed by atoms with van der Waals surface area (Å²) in [6.45, 7) is 0. The normalized spacial score (nSPS) is 15.5. The lowest BCUT2D eigenvalue weighted by molar-refractivity contribution is 0.134. The first-order valence-electron chi connectivity index (χ1n) is 12.6. The van der Waals surface area contributed by atoms with Crippen LogP contribution in [0.1, 0.15) is 32.0 Å². The molecule has 0 unspecified atom stereocenters. The van der Waals surface area contributed by atoms with Gasteiger partial charge in [-0.25, -0.2) is 0 Å². The Balaban J connectivity index is 1.23. The number of aliphatic hydroxyl groups is 2. The Morgan fingerprint density at radius 1 is 0.368 bits per heavy atom. The molecule has 4 aromatic carbocycles. The van der Waals surface area contributed by atoms with Gasteiger partial charge < -0.3 is 10.2 Å². The van der Waals surface area contributed by atoms with Gasteiger partial charge in [0.1, 0.15) is 0 Å². The lowest BCUT2D eigenvalue weighted by Crippen LogP contribution is -2.24. The predicted octanol–water partition coefficient (Wildman–Crippen LogP) is 8.01. The maximum absolute atomic E-state index is 12.2. The molecule has 8 rings (SSSR count). The monoisotopic (exact) mass is 526 g/mol. The molecular weight excluding hydrogens is 505 g/mol. The fraction of sp³-hybridized carbons (Fsp3) is 0.0588. The molecule has 2 nitrogen and oxygen atoms in total. The van der Waals surface area contributed by atoms with Crippen molar-refractivity contribution in [1.82, 2.24) is 0 Å². The second-order valence-corrected chi connectivity index (χ2v) is 12.1. The van der Waals surface area contributed by atoms with Crippen molar-refractivity contribution in [3.63, 3.8) is 0 Å². The van der Waals surface area contributed by atoms with Gasteiger partial charge in [-0.3, -0.25) is 0 Å². The Hall–Kier alpha value is -3.80. The molecular formula is C34H22O2S2. The topological polar surface area (TPSA) is 40.5 Å². The Bertz CT molecular complexity index is 1650. The van der Waals surface area contributed by atoms with Gasteiger partial charge in [-0.1, -0.05) is 97.1 Å². The van der Waals surface area contributed by atoms with Gasteiger partial charge in [0.25, 0.3) is 0 Å². The zero-order chi connectivity index (χ0) is 25.5. The molecule has 0 atom stereocenters. The first-order valence-corrected chi connectivity index (χ1v) is 14.3. The van der Waals surface area contributed by atoms with Crippen LogP contribution in [0.2, 0.25) is 0 Å². The van der Waals surface area contributed by atoms with E-state index in [9.17, 15) is 10.2 Å². The van der Waals surface area contributed by atoms with Gasteiger partial charge in [0, 0.05) is 41.8 Å². The van der Waals surface area contributed by atoms with Crippen molar-refractivity contribution in [3.05, 3.63) is 153 Å². The molecule has 4 heteroatoms. The Kier molecular flexibility index (Phi) is 4.59. The van der Waals surface area contributed by atoms with Crippen LogP contribution in [0.4, 0.5) is 0 Å². The number of hydrogen-bond donors (Lipinski definition) is 2. The molecule has 0 fully saturated rings. The second kappa shape index (κ2) is 7.85. The molecule has 2 aromatic heterocycles. The van der Waals surface area contributed by atoms with Crippen LogP contribution >= 0.6 is 22.7 Å². The van der Waals surface area contributed by atoms with Crippen LogP contribution in [0.3, 0.4) is 0 Å². The van der Waals surface area contributed by atoms with Gasteiger partial charge in [0.15, 0.2) is 11.2 Å². The Labute approximate surface area is 228 Å². The van der Waals surface area contributed by atoms with Crippen molar-refractivity contribution in [2.45, 2.75) is 11.2 Å². The maximum atomic E-state index is 12.2. The highest BCUT2D eigenvalue weighted by atomic mass is 32.1. The number of hydrogen-bond acceptors (Lipinski definition) is 4. The molecule has 2 aliphatic carbocycles. The molecule has 0 aliphatic heterocycles. The zero-order valence-electron chi connectivity index (χ0n) is 20.3. The van der Waals surface area contributed by atoms with E-state index in [1.54, 1.807) is 22.7 Å². The van der Waals surface area contributed by atoms with Crippen molar-refractivity contribution in [3.8, 4) is 32.0 Å². The first kappa shape index (κ1) is 22.2. The molecule has 0 saturated heterocycles. The molecule has 2 N–H and O–H groups in total. The van der Waals surface area contributed by atoms with Crippen LogP contribution in [0.5, 0.6) is 0 Å². The number of thiophene rings is 2. The molecule has 38 heavy (non-hydrogen) atoms. The van der Waals surface area contributed by atoms with Crippen molar-refractivity contribution < 1.29 is 10.2 Å². The minimum atomic E-state index is -1.18. The number of rotatable bonds is 3. The molecule has 6 aromatic rings. The van der Waals surface area contributed by atoms with Crippen molar-refractivity contribution in [2.24, 2.45) is 0 Å². The highest BCUT2D eigenvalue weighted by Crippen LogP contribution is 2.55. The largest absolute Gasteiger partial charge is 0.375 e. The standard InChI is InChI=1S/C34H22O2S2/c35-33(25-13-5-1-9-21(25)22-10-2-6-14-26(22)33)31-19-17-29(37-31)30-18-20-32(38-30)34(36)27-15-7-3-11-23(27)24-12-4-8-16-28(24)34/h1-20,35-36H. The summed E-state index contributed by atoms with van der Waals surface area (Å²) in [6, 6.07) is 40.8. The van der Waals surface area contributed by atoms with Gasteiger partial charge >= 0.3 is 0 Å². The molecule has 0 bridgehead atoms. The van der Waals surface area contributed by atoms with E-state index in [4.69, 9.17) is 0 Å². The third kappa shape index (κ3) is 2.78. The SMILES string of the molecule is OC1(c2ccc(-c3ccc(C4(O)c5ccccc5-c5ccccc54)s3)s2)c2ccccc2-c2ccccc21. The molecule has 0 saturated carbocycles. The van der Waals surface area contributed by atoms with E-state index in [0.29, 0.717) is 0 Å². The summed E-state index contributed by atoms with van der Waals surface area (Å²) < 4.78 is 0. The van der Waals surface area contributed by atoms with E-state index in [1.165, 1.54) is 0 Å². The molecule has 2 aliphatic rings. The first-order chi connectivity index (χ1) is 18.6. The second-order valence-electron chi connectivity index (χ2n) is 9.93. The minimum Gasteiger partial charge on any atom is -0.375 e. The van der Waals surface area contributed by atoms with E-state index in [2.05, 4.69) is 36.4 Å². The summed E-state index contributed by atoms with van der Waals surface area (Å²) in [4.78, 5) is 3.95. The fourth-order valence-electron chi connectivity index (χ4n) is 6.28. The van der Waals surface area contributed by atoms with Gasteiger partial charge in [0.2, 0.25) is 0 Å². The predicted molar refractivity (Wildman–Crippen MR) is 156 cm³/mol. The third-order valence-electron chi connectivity index (χ3n) is 8.02. The fourth-order valence-corrected chi connectivity index (χ4v) is 8.63. The van der Waals surface area contributed by atoms with Gasteiger partial charge in [-0.05, 0) is 46.5 Å². The van der Waals surface area contributed by atoms with Crippen molar-refractivity contribution >= 4 is 22.7 Å². The lowest BCUT2D eigenvalue weighted by Gasteiger charge is -2.24. The summed E-state index contributed by atoms with van der Waals surface area (Å²) in [5.74, 6) is 0. The molecule has 182 valence electrons. The number of benzene rings is 4. The summed E-state index contributed by atoms with van der Waals surface area (Å²) in [6.07, 6.45) is 0. The molecule has 0 spiro atoms. The Morgan fingerprint density at radius 2 is 0.658 bits per heavy atom. The van der Waals surface area contributed by atoms with Crippen LogP contribution in [0.15, 0.2) is 121 Å². The van der Waals surface area contributed by atoms with Crippen LogP contribution in [-0.2, 0) is 11.2 Å². The average molecular weight is 527 g/mol. The van der Waals surface area contributed by atoms with Crippen LogP contribution in [-0.4, -0.2) is 10.2 Å². The van der Waals surface area contributed by atoms with Crippen molar-refractivity contribution in [1.29, 1.82) is 0 Å². The van der Waals surface area contributed by atoms with E-state index in [1.807, 2.05) is 84.9 Å². The van der Waals surface area contributed by atoms with E-state index in [0.717, 1.165) is 64.0 Å². The van der Waals surface area contributed by atoms with E-state index in [-0.39, 0.29) is 0 Å². The molecule has 0 radical (unpaired) electrons. The summed E-state index contributed by atoms with van der Waals surface area (Å²) in [5, 5.41) is 24.5. The smallest absolute Gasteiger partial charge is 0.150 e. The third-order valence-corrected chi connectivity index (χ3v) is 10.6. The lowest BCUT2D eigenvalue weighted by atomic mass is 9.90. The average Bonchev–Trinajstić information content (AvgIpc) is 3.75. The molecule has 0 amide bonds. The van der Waals surface area contributed by atoms with Gasteiger partial charge in [-0.15, -0.1) is 22.7 Å². The van der Waals surface area contributed by atoms with Gasteiger partial charge in [0.05, 0.1) is 0 Å². The van der Waals surface area contributed by atoms with E-state index >= 15 is 0 Å². The zero-order valence-corrected chi connectivity index (χ0v) is 21.9. The quantitative estimate of drug-likeness (QED) is 0.245. The maximum Gasteiger partial charge on any atom is 0.150 e. The van der Waals surface area contributed by atoms with Crippen LogP contribution in [0, 0.1) is 0 Å². The summed E-state index contributed by atoms with van der Waals surface area (Å²) in [7, 11) is 0. The number of fused-ring (bicyclic) bond motifs is 6. The summed E-state index contributed by atoms with van der Waals surface area (Å²) >= 11 is 3.23. The van der Waals surface area contributed by atoms with Gasteiger partial charge in [-0.2, -0.15) is 0 Å². The van der Waals surface area contributed by atoms with Crippen molar-refractivity contribution in [2.75, 3.05) is 0 Å². The minimum absolute atomic E-state index is 0.898. The summed E-state index contributed by atoms with van der Waals surface area (Å²) in [5.41, 5.74) is 5.67. The van der Waals surface area contributed by atoms with Crippen LogP contribution in [0.25, 0.3) is 32.0 Å². The Morgan fingerprint density at radius 3 is 0.974 bits per heavy atom.